The number of amides is 1. The molecule has 2 aromatic carbocycles. The maximum absolute atomic E-state index is 12.6. The van der Waals surface area contributed by atoms with Crippen LogP contribution in [0, 0.1) is 17.0 Å². The van der Waals surface area contributed by atoms with Gasteiger partial charge in [-0.2, -0.15) is 0 Å². The summed E-state index contributed by atoms with van der Waals surface area (Å²) >= 11 is 7.33. The second kappa shape index (κ2) is 7.89. The number of para-hydroxylation sites is 1. The maximum Gasteiger partial charge on any atom is 0.271 e. The summed E-state index contributed by atoms with van der Waals surface area (Å²) in [6.45, 7) is 3.53. The zero-order chi connectivity index (χ0) is 19.6. The molecule has 9 heteroatoms. The lowest BCUT2D eigenvalue weighted by atomic mass is 10.2. The number of rotatable bonds is 5. The lowest BCUT2D eigenvalue weighted by Crippen LogP contribution is -2.22. The van der Waals surface area contributed by atoms with Crippen LogP contribution in [-0.2, 0) is 4.79 Å². The molecule has 0 saturated carbocycles. The fourth-order valence-corrected chi connectivity index (χ4v) is 3.58. The minimum atomic E-state index is -0.542. The van der Waals surface area contributed by atoms with Gasteiger partial charge in [-0.1, -0.05) is 41.6 Å². The molecule has 0 aliphatic rings. The number of hydrogen-bond acceptors (Lipinski definition) is 6. The molecule has 0 spiro atoms. The summed E-state index contributed by atoms with van der Waals surface area (Å²) in [6.07, 6.45) is 0. The maximum atomic E-state index is 12.6. The average Bonchev–Trinajstić information content (AvgIpc) is 2.63. The number of benzene rings is 2. The first-order chi connectivity index (χ1) is 12.8. The van der Waals surface area contributed by atoms with Crippen LogP contribution in [0.3, 0.4) is 0 Å². The van der Waals surface area contributed by atoms with Crippen LogP contribution in [0.4, 0.5) is 11.4 Å². The van der Waals surface area contributed by atoms with Crippen LogP contribution in [0.2, 0.25) is 5.02 Å². The van der Waals surface area contributed by atoms with E-state index >= 15 is 0 Å². The molecule has 0 saturated heterocycles. The van der Waals surface area contributed by atoms with E-state index in [1.807, 2.05) is 24.3 Å². The molecule has 0 aliphatic heterocycles. The fraction of sp³-hybridized carbons (Fsp3) is 0.167. The molecular weight excluding hydrogens is 388 g/mol. The molecule has 1 N–H and O–H groups in total. The third kappa shape index (κ3) is 4.35. The Hall–Kier alpha value is -2.71. The number of anilines is 1. The number of nitro benzene ring substituents is 1. The van der Waals surface area contributed by atoms with Crippen molar-refractivity contribution in [2.75, 3.05) is 5.32 Å². The normalized spacial score (nSPS) is 12.0. The zero-order valence-electron chi connectivity index (χ0n) is 14.5. The molecular formula is C18H15ClN4O3S. The van der Waals surface area contributed by atoms with Crippen LogP contribution < -0.4 is 5.32 Å². The van der Waals surface area contributed by atoms with Crippen molar-refractivity contribution in [1.29, 1.82) is 0 Å². The quantitative estimate of drug-likeness (QED) is 0.289. The lowest BCUT2D eigenvalue weighted by Gasteiger charge is -2.14. The first kappa shape index (κ1) is 19.1. The SMILES string of the molecule is Cc1nc(SC(C)C(=O)Nc2cc([N+](=O)[O-])ccc2Cl)c2ccccc2n1. The van der Waals surface area contributed by atoms with Crippen LogP contribution in [0.25, 0.3) is 10.9 Å². The Kier molecular flexibility index (Phi) is 5.57. The fourth-order valence-electron chi connectivity index (χ4n) is 2.43. The van der Waals surface area contributed by atoms with Crippen LogP contribution in [-0.4, -0.2) is 26.0 Å². The van der Waals surface area contributed by atoms with Crippen molar-refractivity contribution in [3.05, 3.63) is 63.4 Å². The van der Waals surface area contributed by atoms with Gasteiger partial charge in [0.1, 0.15) is 10.9 Å². The summed E-state index contributed by atoms with van der Waals surface area (Å²) in [7, 11) is 0. The summed E-state index contributed by atoms with van der Waals surface area (Å²) in [5, 5.41) is 14.9. The number of halogens is 1. The van der Waals surface area contributed by atoms with E-state index in [-0.39, 0.29) is 22.3 Å². The third-order valence-electron chi connectivity index (χ3n) is 3.76. The van der Waals surface area contributed by atoms with Gasteiger partial charge < -0.3 is 5.32 Å². The van der Waals surface area contributed by atoms with Gasteiger partial charge in [-0.15, -0.1) is 0 Å². The number of nitrogens with one attached hydrogen (secondary N) is 1. The van der Waals surface area contributed by atoms with E-state index in [4.69, 9.17) is 11.6 Å². The Morgan fingerprint density at radius 1 is 1.26 bits per heavy atom. The van der Waals surface area contributed by atoms with Crippen molar-refractivity contribution in [1.82, 2.24) is 9.97 Å². The topological polar surface area (TPSA) is 98.0 Å². The van der Waals surface area contributed by atoms with E-state index in [0.717, 1.165) is 10.9 Å². The van der Waals surface area contributed by atoms with Crippen LogP contribution in [0.1, 0.15) is 12.7 Å². The molecule has 0 aliphatic carbocycles. The van der Waals surface area contributed by atoms with Crippen molar-refractivity contribution in [3.63, 3.8) is 0 Å². The van der Waals surface area contributed by atoms with E-state index < -0.39 is 10.2 Å². The summed E-state index contributed by atoms with van der Waals surface area (Å²) in [5.74, 6) is 0.285. The molecule has 1 unspecified atom stereocenters. The summed E-state index contributed by atoms with van der Waals surface area (Å²) in [5.41, 5.74) is 0.862. The van der Waals surface area contributed by atoms with Crippen LogP contribution in [0.5, 0.6) is 0 Å². The number of nitrogens with zero attached hydrogens (tertiary/aromatic N) is 3. The monoisotopic (exact) mass is 402 g/mol. The van der Waals surface area contributed by atoms with E-state index in [0.29, 0.717) is 10.9 Å². The second-order valence-electron chi connectivity index (χ2n) is 5.76. The molecule has 3 aromatic rings. The van der Waals surface area contributed by atoms with Gasteiger partial charge >= 0.3 is 0 Å². The van der Waals surface area contributed by atoms with Crippen molar-refractivity contribution >= 4 is 51.5 Å². The Morgan fingerprint density at radius 2 is 2.00 bits per heavy atom. The molecule has 0 radical (unpaired) electrons. The molecule has 27 heavy (non-hydrogen) atoms. The van der Waals surface area contributed by atoms with Gasteiger partial charge in [-0.25, -0.2) is 9.97 Å². The molecule has 1 atom stereocenters. The van der Waals surface area contributed by atoms with Crippen LogP contribution in [0.15, 0.2) is 47.5 Å². The highest BCUT2D eigenvalue weighted by Gasteiger charge is 2.19. The first-order valence-electron chi connectivity index (χ1n) is 8.00. The molecule has 0 fully saturated rings. The standard InChI is InChI=1S/C18H15ClN4O3S/c1-10(17(24)22-16-9-12(23(25)26)7-8-14(16)19)27-18-13-5-3-4-6-15(13)20-11(2)21-18/h3-10H,1-2H3,(H,22,24). The van der Waals surface area contributed by atoms with Gasteiger partial charge in [0.05, 0.1) is 26.4 Å². The number of carbonyl (C=O) groups is 1. The van der Waals surface area contributed by atoms with Gasteiger partial charge in [0.15, 0.2) is 0 Å². The van der Waals surface area contributed by atoms with Gasteiger partial charge in [0.25, 0.3) is 5.69 Å². The molecule has 1 heterocycles. The van der Waals surface area contributed by atoms with Gasteiger partial charge in [0.2, 0.25) is 5.91 Å². The number of hydrogen-bond donors (Lipinski definition) is 1. The Morgan fingerprint density at radius 3 is 2.74 bits per heavy atom. The summed E-state index contributed by atoms with van der Waals surface area (Å²) < 4.78 is 0. The third-order valence-corrected chi connectivity index (χ3v) is 5.19. The molecule has 7 nitrogen and oxygen atoms in total. The Balaban J connectivity index is 1.81. The van der Waals surface area contributed by atoms with Gasteiger partial charge in [-0.05, 0) is 26.0 Å². The predicted molar refractivity (Wildman–Crippen MR) is 106 cm³/mol. The molecule has 1 amide bonds. The highest BCUT2D eigenvalue weighted by molar-refractivity contribution is 8.00. The van der Waals surface area contributed by atoms with E-state index in [2.05, 4.69) is 15.3 Å². The van der Waals surface area contributed by atoms with Crippen molar-refractivity contribution in [2.45, 2.75) is 24.1 Å². The molecule has 1 aromatic heterocycles. The number of aromatic nitrogens is 2. The van der Waals surface area contributed by atoms with E-state index in [9.17, 15) is 14.9 Å². The minimum Gasteiger partial charge on any atom is -0.324 e. The van der Waals surface area contributed by atoms with Crippen LogP contribution >= 0.6 is 23.4 Å². The zero-order valence-corrected chi connectivity index (χ0v) is 16.0. The summed E-state index contributed by atoms with van der Waals surface area (Å²) in [6, 6.07) is 11.5. The highest BCUT2D eigenvalue weighted by atomic mass is 35.5. The number of thioether (sulfide) groups is 1. The Bertz CT molecular complexity index is 1040. The van der Waals surface area contributed by atoms with Crippen molar-refractivity contribution in [3.8, 4) is 0 Å². The number of aryl methyl sites for hydroxylation is 1. The number of nitro groups is 1. The number of fused-ring (bicyclic) bond motifs is 1. The first-order valence-corrected chi connectivity index (χ1v) is 9.26. The van der Waals surface area contributed by atoms with E-state index in [1.54, 1.807) is 13.8 Å². The minimum absolute atomic E-state index is 0.146. The molecule has 0 bridgehead atoms. The highest BCUT2D eigenvalue weighted by Crippen LogP contribution is 2.31. The molecule has 3 rings (SSSR count). The number of carbonyl (C=O) groups excluding carboxylic acids is 1. The van der Waals surface area contributed by atoms with Crippen molar-refractivity contribution < 1.29 is 9.72 Å². The average molecular weight is 403 g/mol. The largest absolute Gasteiger partial charge is 0.324 e. The smallest absolute Gasteiger partial charge is 0.271 e. The lowest BCUT2D eigenvalue weighted by molar-refractivity contribution is -0.384. The summed E-state index contributed by atoms with van der Waals surface area (Å²) in [4.78, 5) is 31.8. The van der Waals surface area contributed by atoms with E-state index in [1.165, 1.54) is 30.0 Å². The van der Waals surface area contributed by atoms with Gasteiger partial charge in [0, 0.05) is 17.5 Å². The Labute approximate surface area is 164 Å². The molecule has 138 valence electrons. The van der Waals surface area contributed by atoms with Crippen molar-refractivity contribution in [2.24, 2.45) is 0 Å². The van der Waals surface area contributed by atoms with Gasteiger partial charge in [-0.3, -0.25) is 14.9 Å². The number of non-ortho nitro benzene ring substituents is 1. The second-order valence-corrected chi connectivity index (χ2v) is 7.50. The predicted octanol–water partition coefficient (Wildman–Crippen LogP) is 4.62.